The minimum atomic E-state index is -0.410. The Bertz CT molecular complexity index is 324. The Morgan fingerprint density at radius 3 is 2.75 bits per heavy atom. The molecule has 0 saturated heterocycles. The summed E-state index contributed by atoms with van der Waals surface area (Å²) in [6.07, 6.45) is 0.919. The summed E-state index contributed by atoms with van der Waals surface area (Å²) in [5, 5.41) is 4.95. The molecule has 0 aliphatic carbocycles. The van der Waals surface area contributed by atoms with Crippen LogP contribution in [-0.2, 0) is 4.79 Å². The second kappa shape index (κ2) is 6.01. The molecule has 0 aliphatic heterocycles. The van der Waals surface area contributed by atoms with E-state index in [0.29, 0.717) is 0 Å². The topological polar surface area (TPSA) is 55.1 Å². The van der Waals surface area contributed by atoms with Crippen molar-refractivity contribution in [3.8, 4) is 0 Å². The van der Waals surface area contributed by atoms with E-state index in [4.69, 9.17) is 5.73 Å². The summed E-state index contributed by atoms with van der Waals surface area (Å²) in [5.41, 5.74) is 5.86. The van der Waals surface area contributed by atoms with Gasteiger partial charge in [-0.1, -0.05) is 26.3 Å². The van der Waals surface area contributed by atoms with Crippen molar-refractivity contribution < 1.29 is 4.79 Å². The fraction of sp³-hybridized carbons (Fsp3) is 0.583. The van der Waals surface area contributed by atoms with Gasteiger partial charge in [0.05, 0.1) is 12.1 Å². The van der Waals surface area contributed by atoms with Gasteiger partial charge in [-0.2, -0.15) is 0 Å². The summed E-state index contributed by atoms with van der Waals surface area (Å²) in [6, 6.07) is 3.64. The normalized spacial score (nSPS) is 16.5. The van der Waals surface area contributed by atoms with Crippen LogP contribution in [0.3, 0.4) is 0 Å². The molecule has 0 spiro atoms. The molecule has 1 rings (SSSR count). The molecule has 0 radical (unpaired) electrons. The van der Waals surface area contributed by atoms with Crippen LogP contribution in [0.15, 0.2) is 17.5 Å². The Morgan fingerprint density at radius 2 is 2.25 bits per heavy atom. The predicted octanol–water partition coefficient (Wildman–Crippen LogP) is 2.30. The summed E-state index contributed by atoms with van der Waals surface area (Å²) >= 11 is 1.64. The number of nitrogens with two attached hydrogens (primary N) is 1. The average Bonchev–Trinajstić information content (AvgIpc) is 2.80. The van der Waals surface area contributed by atoms with Gasteiger partial charge in [-0.3, -0.25) is 4.79 Å². The van der Waals surface area contributed by atoms with Crippen LogP contribution in [0.1, 0.15) is 38.1 Å². The Balaban J connectivity index is 2.51. The molecule has 16 heavy (non-hydrogen) atoms. The van der Waals surface area contributed by atoms with Crippen molar-refractivity contribution in [2.24, 2.45) is 11.7 Å². The van der Waals surface area contributed by atoms with E-state index < -0.39 is 6.04 Å². The van der Waals surface area contributed by atoms with E-state index in [1.54, 1.807) is 11.3 Å². The number of rotatable bonds is 5. The number of carbonyl (C=O) groups is 1. The zero-order valence-electron chi connectivity index (χ0n) is 10.1. The van der Waals surface area contributed by atoms with E-state index >= 15 is 0 Å². The van der Waals surface area contributed by atoms with Crippen molar-refractivity contribution in [3.63, 3.8) is 0 Å². The molecule has 0 aliphatic rings. The van der Waals surface area contributed by atoms with E-state index in [-0.39, 0.29) is 17.9 Å². The van der Waals surface area contributed by atoms with Crippen LogP contribution in [-0.4, -0.2) is 11.9 Å². The van der Waals surface area contributed by atoms with E-state index in [2.05, 4.69) is 5.32 Å². The molecule has 90 valence electrons. The Labute approximate surface area is 101 Å². The Kier molecular flexibility index (Phi) is 4.96. The molecule has 1 aromatic heterocycles. The molecule has 3 N–H and O–H groups in total. The molecular formula is C12H20N2OS. The molecule has 0 fully saturated rings. The van der Waals surface area contributed by atoms with Crippen LogP contribution in [0.2, 0.25) is 0 Å². The molecule has 3 atom stereocenters. The highest BCUT2D eigenvalue weighted by Gasteiger charge is 2.21. The van der Waals surface area contributed by atoms with Gasteiger partial charge >= 0.3 is 0 Å². The van der Waals surface area contributed by atoms with Crippen molar-refractivity contribution in [2.75, 3.05) is 0 Å². The summed E-state index contributed by atoms with van der Waals surface area (Å²) in [7, 11) is 0. The number of hydrogen-bond donors (Lipinski definition) is 2. The van der Waals surface area contributed by atoms with Gasteiger partial charge in [-0.05, 0) is 24.3 Å². The minimum Gasteiger partial charge on any atom is -0.347 e. The maximum Gasteiger partial charge on any atom is 0.237 e. The van der Waals surface area contributed by atoms with Crippen LogP contribution >= 0.6 is 11.3 Å². The molecule has 1 aromatic rings. The molecule has 4 heteroatoms. The lowest BCUT2D eigenvalue weighted by atomic mass is 9.99. The van der Waals surface area contributed by atoms with Gasteiger partial charge in [-0.25, -0.2) is 0 Å². The summed E-state index contributed by atoms with van der Waals surface area (Å²) in [5.74, 6) is 0.158. The lowest BCUT2D eigenvalue weighted by Gasteiger charge is -2.20. The summed E-state index contributed by atoms with van der Waals surface area (Å²) in [4.78, 5) is 13.0. The van der Waals surface area contributed by atoms with Gasteiger partial charge in [0.15, 0.2) is 0 Å². The maximum absolute atomic E-state index is 11.8. The van der Waals surface area contributed by atoms with Gasteiger partial charge < -0.3 is 11.1 Å². The third kappa shape index (κ3) is 3.32. The van der Waals surface area contributed by atoms with E-state index in [0.717, 1.165) is 11.3 Å². The molecule has 1 unspecified atom stereocenters. The highest BCUT2D eigenvalue weighted by molar-refractivity contribution is 7.10. The second-order valence-electron chi connectivity index (χ2n) is 4.16. The SMILES string of the molecule is CCC(C)[C@H](N)C(=O)N[C@@H](C)c1cccs1. The summed E-state index contributed by atoms with van der Waals surface area (Å²) in [6.45, 7) is 6.02. The van der Waals surface area contributed by atoms with Gasteiger partial charge in [-0.15, -0.1) is 11.3 Å². The first-order valence-corrected chi connectivity index (χ1v) is 6.53. The van der Waals surface area contributed by atoms with Crippen LogP contribution in [0.5, 0.6) is 0 Å². The molecule has 1 heterocycles. The number of thiophene rings is 1. The predicted molar refractivity (Wildman–Crippen MR) is 68.3 cm³/mol. The first kappa shape index (κ1) is 13.2. The summed E-state index contributed by atoms with van der Waals surface area (Å²) < 4.78 is 0. The second-order valence-corrected chi connectivity index (χ2v) is 5.14. The Morgan fingerprint density at radius 1 is 1.56 bits per heavy atom. The molecule has 0 aromatic carbocycles. The van der Waals surface area contributed by atoms with Crippen LogP contribution < -0.4 is 11.1 Å². The van der Waals surface area contributed by atoms with E-state index in [1.807, 2.05) is 38.3 Å². The zero-order valence-corrected chi connectivity index (χ0v) is 10.9. The largest absolute Gasteiger partial charge is 0.347 e. The van der Waals surface area contributed by atoms with Crippen molar-refractivity contribution >= 4 is 17.2 Å². The minimum absolute atomic E-state index is 0.0441. The number of amides is 1. The smallest absolute Gasteiger partial charge is 0.237 e. The van der Waals surface area contributed by atoms with E-state index in [1.165, 1.54) is 0 Å². The van der Waals surface area contributed by atoms with Crippen molar-refractivity contribution in [3.05, 3.63) is 22.4 Å². The van der Waals surface area contributed by atoms with E-state index in [9.17, 15) is 4.79 Å². The quantitative estimate of drug-likeness (QED) is 0.829. The lowest BCUT2D eigenvalue weighted by molar-refractivity contribution is -0.124. The van der Waals surface area contributed by atoms with Crippen molar-refractivity contribution in [1.29, 1.82) is 0 Å². The number of hydrogen-bond acceptors (Lipinski definition) is 3. The van der Waals surface area contributed by atoms with Gasteiger partial charge in [0.2, 0.25) is 5.91 Å². The zero-order chi connectivity index (χ0) is 12.1. The molecule has 3 nitrogen and oxygen atoms in total. The highest BCUT2D eigenvalue weighted by atomic mass is 32.1. The number of carbonyl (C=O) groups excluding carboxylic acids is 1. The Hall–Kier alpha value is -0.870. The van der Waals surface area contributed by atoms with Gasteiger partial charge in [0.1, 0.15) is 0 Å². The molecular weight excluding hydrogens is 220 g/mol. The van der Waals surface area contributed by atoms with Gasteiger partial charge in [0, 0.05) is 4.88 Å². The molecule has 0 saturated carbocycles. The highest BCUT2D eigenvalue weighted by Crippen LogP contribution is 2.18. The van der Waals surface area contributed by atoms with Crippen LogP contribution in [0, 0.1) is 5.92 Å². The molecule has 0 bridgehead atoms. The third-order valence-electron chi connectivity index (χ3n) is 2.89. The lowest BCUT2D eigenvalue weighted by Crippen LogP contribution is -2.45. The monoisotopic (exact) mass is 240 g/mol. The van der Waals surface area contributed by atoms with Crippen LogP contribution in [0.4, 0.5) is 0 Å². The standard InChI is InChI=1S/C12H20N2OS/c1-4-8(2)11(13)12(15)14-9(3)10-6-5-7-16-10/h5-9,11H,4,13H2,1-3H3,(H,14,15)/t8?,9-,11-/m0/s1. The fourth-order valence-electron chi connectivity index (χ4n) is 1.43. The first-order valence-electron chi connectivity index (χ1n) is 5.65. The van der Waals surface area contributed by atoms with Gasteiger partial charge in [0.25, 0.3) is 0 Å². The fourth-order valence-corrected chi connectivity index (χ4v) is 2.17. The third-order valence-corrected chi connectivity index (χ3v) is 3.94. The maximum atomic E-state index is 11.8. The van der Waals surface area contributed by atoms with Crippen LogP contribution in [0.25, 0.3) is 0 Å². The van der Waals surface area contributed by atoms with Crippen molar-refractivity contribution in [1.82, 2.24) is 5.32 Å². The van der Waals surface area contributed by atoms with Crippen molar-refractivity contribution in [2.45, 2.75) is 39.3 Å². The molecule has 1 amide bonds. The number of nitrogens with one attached hydrogen (secondary N) is 1. The average molecular weight is 240 g/mol. The first-order chi connectivity index (χ1) is 7.56.